The lowest BCUT2D eigenvalue weighted by molar-refractivity contribution is 0.0450. The summed E-state index contributed by atoms with van der Waals surface area (Å²) in [5.74, 6) is 0. The standard InChI is InChI=1S/C3H8O3.H10O5Si5/c4-1-3(6)2-5;1-6-2-8-4-10-5-9-3-7-1/h3-6H,1-2H2;6-10H2. The van der Waals surface area contributed by atoms with E-state index in [2.05, 4.69) is 0 Å². The third-order valence-corrected chi connectivity index (χ3v) is 7.92. The van der Waals surface area contributed by atoms with E-state index < -0.39 is 56.1 Å². The summed E-state index contributed by atoms with van der Waals surface area (Å²) in [5, 5.41) is 24.0. The SMILES string of the molecule is O1[SiH2]O[SiH2]O[SiH2]O[SiH2]O[SiH2]1.OCC(O)CO. The molecule has 0 aromatic heterocycles. The van der Waals surface area contributed by atoms with E-state index >= 15 is 0 Å². The monoisotopic (exact) mass is 322 g/mol. The lowest BCUT2D eigenvalue weighted by Crippen LogP contribution is -2.23. The molecule has 3 N–H and O–H groups in total. The molecule has 0 unspecified atom stereocenters. The second-order valence-corrected chi connectivity index (χ2v) is 12.0. The normalized spacial score (nSPS) is 26.2. The van der Waals surface area contributed by atoms with Crippen LogP contribution in [0.2, 0.25) is 0 Å². The van der Waals surface area contributed by atoms with Gasteiger partial charge in [-0.1, -0.05) is 0 Å². The lowest BCUT2D eigenvalue weighted by atomic mass is 10.4. The zero-order valence-electron chi connectivity index (χ0n) is 8.91. The van der Waals surface area contributed by atoms with E-state index in [4.69, 9.17) is 35.9 Å². The van der Waals surface area contributed by atoms with E-state index in [1.54, 1.807) is 0 Å². The highest BCUT2D eigenvalue weighted by Crippen LogP contribution is 1.79. The first-order chi connectivity index (χ1) is 7.81. The van der Waals surface area contributed by atoms with Gasteiger partial charge in [-0.2, -0.15) is 0 Å². The average Bonchev–Trinajstić information content (AvgIpc) is 2.36. The summed E-state index contributed by atoms with van der Waals surface area (Å²) in [6, 6.07) is 0. The zero-order valence-corrected chi connectivity index (χ0v) is 16.0. The fourth-order valence-corrected chi connectivity index (χ4v) is 9.54. The molecule has 1 rings (SSSR count). The maximum Gasteiger partial charge on any atom is 0.286 e. The van der Waals surface area contributed by atoms with Gasteiger partial charge in [0.05, 0.1) is 13.2 Å². The van der Waals surface area contributed by atoms with Gasteiger partial charge in [0.2, 0.25) is 0 Å². The van der Waals surface area contributed by atoms with E-state index in [1.807, 2.05) is 0 Å². The third-order valence-electron chi connectivity index (χ3n) is 1.25. The van der Waals surface area contributed by atoms with Crippen molar-refractivity contribution in [1.82, 2.24) is 0 Å². The van der Waals surface area contributed by atoms with Crippen molar-refractivity contribution >= 4 is 50.0 Å². The van der Waals surface area contributed by atoms with Gasteiger partial charge in [-0.15, -0.1) is 0 Å². The molecule has 8 nitrogen and oxygen atoms in total. The Balaban J connectivity index is 0.000000325. The van der Waals surface area contributed by atoms with Crippen LogP contribution < -0.4 is 0 Å². The Bertz CT molecular complexity index is 104. The van der Waals surface area contributed by atoms with E-state index in [1.165, 1.54) is 0 Å². The molecule has 0 bridgehead atoms. The van der Waals surface area contributed by atoms with Crippen molar-refractivity contribution in [2.45, 2.75) is 6.10 Å². The molecule has 0 saturated carbocycles. The molecule has 0 amide bonds. The highest BCUT2D eigenvalue weighted by Gasteiger charge is 1.97. The van der Waals surface area contributed by atoms with Crippen molar-refractivity contribution in [3.05, 3.63) is 0 Å². The molecule has 1 aliphatic rings. The van der Waals surface area contributed by atoms with Gasteiger partial charge in [0.25, 0.3) is 50.0 Å². The molecule has 1 fully saturated rings. The van der Waals surface area contributed by atoms with Gasteiger partial charge >= 0.3 is 0 Å². The first-order valence-electron chi connectivity index (χ1n) is 4.59. The Morgan fingerprint density at radius 3 is 1.06 bits per heavy atom. The molecular weight excluding hydrogens is 304 g/mol. The van der Waals surface area contributed by atoms with Gasteiger partial charge in [0, 0.05) is 0 Å². The summed E-state index contributed by atoms with van der Waals surface area (Å²) in [4.78, 5) is 0. The van der Waals surface area contributed by atoms with Crippen LogP contribution in [0.25, 0.3) is 0 Å². The second kappa shape index (κ2) is 13.8. The van der Waals surface area contributed by atoms with Gasteiger partial charge in [-0.05, 0) is 0 Å². The minimum Gasteiger partial charge on any atom is -0.425 e. The Morgan fingerprint density at radius 1 is 0.688 bits per heavy atom. The fourth-order valence-electron chi connectivity index (χ4n) is 0.522. The summed E-state index contributed by atoms with van der Waals surface area (Å²) in [6.07, 6.45) is -0.954. The largest absolute Gasteiger partial charge is 0.425 e. The molecule has 0 spiro atoms. The first-order valence-corrected chi connectivity index (χ1v) is 10.4. The Labute approximate surface area is 106 Å². The van der Waals surface area contributed by atoms with Crippen LogP contribution >= 0.6 is 0 Å². The number of hydrogen-bond acceptors (Lipinski definition) is 8. The number of aliphatic hydroxyl groups is 3. The zero-order chi connectivity index (χ0) is 12.1. The predicted molar refractivity (Wildman–Crippen MR) is 68.3 cm³/mol. The second-order valence-electron chi connectivity index (χ2n) is 2.63. The van der Waals surface area contributed by atoms with Crippen molar-refractivity contribution < 1.29 is 35.9 Å². The third kappa shape index (κ3) is 12.8. The molecule has 0 radical (unpaired) electrons. The average molecular weight is 323 g/mol. The molecule has 1 heterocycles. The topological polar surface area (TPSA) is 107 Å². The summed E-state index contributed by atoms with van der Waals surface area (Å²) in [7, 11) is -3.62. The van der Waals surface area contributed by atoms with Crippen molar-refractivity contribution in [3.63, 3.8) is 0 Å². The van der Waals surface area contributed by atoms with Gasteiger partial charge in [0.15, 0.2) is 0 Å². The van der Waals surface area contributed by atoms with Crippen LogP contribution in [0, 0.1) is 0 Å². The maximum absolute atomic E-state index is 8.17. The molecule has 16 heavy (non-hydrogen) atoms. The van der Waals surface area contributed by atoms with Crippen LogP contribution in [0.1, 0.15) is 0 Å². The van der Waals surface area contributed by atoms with Crippen molar-refractivity contribution in [2.24, 2.45) is 0 Å². The molecule has 98 valence electrons. The minimum atomic E-state index is -0.954. The molecular formula is C3H18O8Si5. The molecule has 1 saturated heterocycles. The van der Waals surface area contributed by atoms with E-state index in [-0.39, 0.29) is 13.2 Å². The van der Waals surface area contributed by atoms with Crippen molar-refractivity contribution in [3.8, 4) is 0 Å². The van der Waals surface area contributed by atoms with Crippen LogP contribution in [0.3, 0.4) is 0 Å². The smallest absolute Gasteiger partial charge is 0.286 e. The van der Waals surface area contributed by atoms with Crippen LogP contribution in [0.5, 0.6) is 0 Å². The Morgan fingerprint density at radius 2 is 0.938 bits per heavy atom. The highest BCUT2D eigenvalue weighted by atomic mass is 28.4. The molecule has 1 aliphatic heterocycles. The molecule has 0 aromatic rings. The van der Waals surface area contributed by atoms with Crippen molar-refractivity contribution in [2.75, 3.05) is 13.2 Å². The lowest BCUT2D eigenvalue weighted by Gasteiger charge is -2.10. The Hall–Kier alpha value is 0.764. The van der Waals surface area contributed by atoms with Crippen LogP contribution in [0.15, 0.2) is 0 Å². The quantitative estimate of drug-likeness (QED) is 0.431. The molecule has 0 aliphatic carbocycles. The summed E-state index contributed by atoms with van der Waals surface area (Å²) in [5.41, 5.74) is 0. The molecule has 0 aromatic carbocycles. The Kier molecular flexibility index (Phi) is 14.5. The van der Waals surface area contributed by atoms with Crippen LogP contribution in [0.4, 0.5) is 0 Å². The summed E-state index contributed by atoms with van der Waals surface area (Å²) < 4.78 is 25.8. The summed E-state index contributed by atoms with van der Waals surface area (Å²) in [6.45, 7) is -0.729. The van der Waals surface area contributed by atoms with Gasteiger partial charge < -0.3 is 35.9 Å². The van der Waals surface area contributed by atoms with Crippen LogP contribution in [-0.4, -0.2) is 84.7 Å². The van der Waals surface area contributed by atoms with E-state index in [9.17, 15) is 0 Å². The fraction of sp³-hybridized carbons (Fsp3) is 1.00. The number of aliphatic hydroxyl groups excluding tert-OH is 3. The summed E-state index contributed by atoms with van der Waals surface area (Å²) >= 11 is 0. The van der Waals surface area contributed by atoms with E-state index in [0.29, 0.717) is 0 Å². The first kappa shape index (κ1) is 16.8. The van der Waals surface area contributed by atoms with Gasteiger partial charge in [-0.3, -0.25) is 0 Å². The van der Waals surface area contributed by atoms with E-state index in [0.717, 1.165) is 0 Å². The molecule has 13 heteroatoms. The molecule has 0 atom stereocenters. The number of rotatable bonds is 2. The highest BCUT2D eigenvalue weighted by molar-refractivity contribution is 6.50. The van der Waals surface area contributed by atoms with Crippen LogP contribution in [-0.2, 0) is 20.6 Å². The van der Waals surface area contributed by atoms with Gasteiger partial charge in [-0.25, -0.2) is 0 Å². The predicted octanol–water partition coefficient (Wildman–Crippen LogP) is -6.59. The number of hydrogen-bond donors (Lipinski definition) is 3. The van der Waals surface area contributed by atoms with Crippen molar-refractivity contribution in [1.29, 1.82) is 0 Å². The minimum absolute atomic E-state index is 0.365. The van der Waals surface area contributed by atoms with Gasteiger partial charge in [0.1, 0.15) is 6.10 Å². The maximum atomic E-state index is 8.17.